The fourth-order valence-corrected chi connectivity index (χ4v) is 2.14. The van der Waals surface area contributed by atoms with Crippen LogP contribution < -0.4 is 9.47 Å². The quantitative estimate of drug-likeness (QED) is 0.699. The van der Waals surface area contributed by atoms with Gasteiger partial charge < -0.3 is 13.9 Å². The van der Waals surface area contributed by atoms with Crippen LogP contribution in [0, 0.1) is 0 Å². The lowest BCUT2D eigenvalue weighted by molar-refractivity contribution is 0.273. The Balaban J connectivity index is 1.76. The molecule has 20 heavy (non-hydrogen) atoms. The molecule has 0 aliphatic carbocycles. The van der Waals surface area contributed by atoms with Crippen LogP contribution >= 0.6 is 11.6 Å². The van der Waals surface area contributed by atoms with Gasteiger partial charge in [-0.1, -0.05) is 17.7 Å². The normalized spacial score (nSPS) is 10.7. The number of methoxy groups -OCH3 is 1. The van der Waals surface area contributed by atoms with Crippen LogP contribution in [0.5, 0.6) is 11.5 Å². The number of hydrogen-bond donors (Lipinski definition) is 0. The van der Waals surface area contributed by atoms with E-state index in [-0.39, 0.29) is 0 Å². The molecule has 0 aliphatic heterocycles. The second kappa shape index (κ2) is 5.47. The maximum absolute atomic E-state index is 5.93. The summed E-state index contributed by atoms with van der Waals surface area (Å²) >= 11 is 5.93. The van der Waals surface area contributed by atoms with Gasteiger partial charge >= 0.3 is 0 Å². The third kappa shape index (κ3) is 2.73. The number of fused-ring (bicyclic) bond motifs is 1. The molecule has 3 aromatic rings. The van der Waals surface area contributed by atoms with Gasteiger partial charge in [0.2, 0.25) is 0 Å². The average molecular weight is 289 g/mol. The lowest BCUT2D eigenvalue weighted by Crippen LogP contribution is -1.93. The van der Waals surface area contributed by atoms with Crippen molar-refractivity contribution in [3.05, 3.63) is 59.3 Å². The highest BCUT2D eigenvalue weighted by Crippen LogP contribution is 2.25. The Hall–Kier alpha value is -2.13. The molecule has 0 spiro atoms. The fraction of sp³-hybridized carbons (Fsp3) is 0.125. The molecule has 3 rings (SSSR count). The first-order valence-electron chi connectivity index (χ1n) is 6.19. The predicted molar refractivity (Wildman–Crippen MR) is 78.6 cm³/mol. The second-order valence-electron chi connectivity index (χ2n) is 4.36. The molecular formula is C16H13ClO3. The van der Waals surface area contributed by atoms with Crippen LogP contribution in [0.1, 0.15) is 5.76 Å². The first-order chi connectivity index (χ1) is 9.74. The van der Waals surface area contributed by atoms with Gasteiger partial charge in [-0.05, 0) is 30.3 Å². The summed E-state index contributed by atoms with van der Waals surface area (Å²) in [6, 6.07) is 15.0. The molecule has 0 radical (unpaired) electrons. The van der Waals surface area contributed by atoms with Gasteiger partial charge in [0.05, 0.1) is 7.11 Å². The molecule has 2 aromatic carbocycles. The van der Waals surface area contributed by atoms with Gasteiger partial charge in [0.25, 0.3) is 0 Å². The van der Waals surface area contributed by atoms with E-state index < -0.39 is 0 Å². The van der Waals surface area contributed by atoms with Gasteiger partial charge in [-0.25, -0.2) is 0 Å². The second-order valence-corrected chi connectivity index (χ2v) is 4.80. The van der Waals surface area contributed by atoms with E-state index in [9.17, 15) is 0 Å². The van der Waals surface area contributed by atoms with Crippen molar-refractivity contribution in [2.24, 2.45) is 0 Å². The Morgan fingerprint density at radius 3 is 2.75 bits per heavy atom. The van der Waals surface area contributed by atoms with Gasteiger partial charge in [-0.15, -0.1) is 0 Å². The molecule has 0 saturated heterocycles. The van der Waals surface area contributed by atoms with Crippen LogP contribution in [0.2, 0.25) is 5.02 Å². The van der Waals surface area contributed by atoms with E-state index in [0.717, 1.165) is 28.2 Å². The zero-order valence-electron chi connectivity index (χ0n) is 10.9. The zero-order chi connectivity index (χ0) is 13.9. The van der Waals surface area contributed by atoms with Crippen LogP contribution in [0.4, 0.5) is 0 Å². The Kier molecular flexibility index (Phi) is 3.52. The van der Waals surface area contributed by atoms with Crippen molar-refractivity contribution < 1.29 is 13.9 Å². The zero-order valence-corrected chi connectivity index (χ0v) is 11.7. The fourth-order valence-electron chi connectivity index (χ4n) is 1.98. The van der Waals surface area contributed by atoms with Crippen molar-refractivity contribution in [1.82, 2.24) is 0 Å². The Labute approximate surface area is 121 Å². The lowest BCUT2D eigenvalue weighted by atomic mass is 10.2. The molecule has 102 valence electrons. The van der Waals surface area contributed by atoms with Crippen molar-refractivity contribution in [1.29, 1.82) is 0 Å². The monoisotopic (exact) mass is 288 g/mol. The van der Waals surface area contributed by atoms with Crippen LogP contribution in [0.25, 0.3) is 11.0 Å². The maximum atomic E-state index is 5.93. The van der Waals surface area contributed by atoms with E-state index >= 15 is 0 Å². The van der Waals surface area contributed by atoms with E-state index in [4.69, 9.17) is 25.5 Å². The molecule has 0 aliphatic rings. The number of benzene rings is 2. The molecule has 0 N–H and O–H groups in total. The van der Waals surface area contributed by atoms with E-state index in [1.807, 2.05) is 42.5 Å². The summed E-state index contributed by atoms with van der Waals surface area (Å²) in [4.78, 5) is 0. The minimum atomic E-state index is 0.361. The number of ether oxygens (including phenoxy) is 2. The molecule has 0 saturated carbocycles. The number of hydrogen-bond acceptors (Lipinski definition) is 3. The Morgan fingerprint density at radius 1 is 1.05 bits per heavy atom. The SMILES string of the molecule is COc1cccc(OCc2cc3ccc(Cl)cc3o2)c1. The highest BCUT2D eigenvalue weighted by atomic mass is 35.5. The van der Waals surface area contributed by atoms with E-state index in [1.54, 1.807) is 13.2 Å². The Bertz CT molecular complexity index is 733. The highest BCUT2D eigenvalue weighted by Gasteiger charge is 2.05. The van der Waals surface area contributed by atoms with Crippen molar-refractivity contribution in [2.75, 3.05) is 7.11 Å². The first kappa shape index (κ1) is 12.9. The smallest absolute Gasteiger partial charge is 0.146 e. The van der Waals surface area contributed by atoms with E-state index in [1.165, 1.54) is 0 Å². The van der Waals surface area contributed by atoms with Gasteiger partial charge in [0.15, 0.2) is 0 Å². The van der Waals surface area contributed by atoms with Gasteiger partial charge in [0, 0.05) is 22.5 Å². The van der Waals surface area contributed by atoms with Crippen molar-refractivity contribution in [3.63, 3.8) is 0 Å². The summed E-state index contributed by atoms with van der Waals surface area (Å²) in [7, 11) is 1.63. The molecule has 3 nitrogen and oxygen atoms in total. The number of halogens is 1. The van der Waals surface area contributed by atoms with Gasteiger partial charge in [-0.2, -0.15) is 0 Å². The number of furan rings is 1. The summed E-state index contributed by atoms with van der Waals surface area (Å²) in [5, 5.41) is 1.67. The molecule has 4 heteroatoms. The third-order valence-electron chi connectivity index (χ3n) is 2.96. The Morgan fingerprint density at radius 2 is 1.90 bits per heavy atom. The summed E-state index contributed by atoms with van der Waals surface area (Å²) in [6.07, 6.45) is 0. The van der Waals surface area contributed by atoms with Crippen molar-refractivity contribution in [2.45, 2.75) is 6.61 Å². The molecule has 1 heterocycles. The largest absolute Gasteiger partial charge is 0.497 e. The van der Waals surface area contributed by atoms with Crippen LogP contribution in [0.3, 0.4) is 0 Å². The van der Waals surface area contributed by atoms with Crippen LogP contribution in [-0.4, -0.2) is 7.11 Å². The molecule has 0 amide bonds. The summed E-state index contributed by atoms with van der Waals surface area (Å²) in [5.74, 6) is 2.26. The lowest BCUT2D eigenvalue weighted by Gasteiger charge is -2.05. The third-order valence-corrected chi connectivity index (χ3v) is 3.19. The van der Waals surface area contributed by atoms with Crippen molar-refractivity contribution in [3.8, 4) is 11.5 Å². The first-order valence-corrected chi connectivity index (χ1v) is 6.57. The van der Waals surface area contributed by atoms with Crippen LogP contribution in [-0.2, 0) is 6.61 Å². The molecule has 0 fully saturated rings. The summed E-state index contributed by atoms with van der Waals surface area (Å²) in [5.41, 5.74) is 0.766. The molecule has 1 aromatic heterocycles. The minimum absolute atomic E-state index is 0.361. The molecule has 0 bridgehead atoms. The summed E-state index contributed by atoms with van der Waals surface area (Å²) in [6.45, 7) is 0.361. The van der Waals surface area contributed by atoms with E-state index in [2.05, 4.69) is 0 Å². The molecule has 0 unspecified atom stereocenters. The topological polar surface area (TPSA) is 31.6 Å². The standard InChI is InChI=1S/C16H13ClO3/c1-18-13-3-2-4-14(9-13)19-10-15-7-11-5-6-12(17)8-16(11)20-15/h2-9H,10H2,1H3. The maximum Gasteiger partial charge on any atom is 0.146 e. The molecule has 0 atom stereocenters. The van der Waals surface area contributed by atoms with Gasteiger partial charge in [0.1, 0.15) is 29.4 Å². The number of rotatable bonds is 4. The van der Waals surface area contributed by atoms with Gasteiger partial charge in [-0.3, -0.25) is 0 Å². The van der Waals surface area contributed by atoms with Crippen molar-refractivity contribution >= 4 is 22.6 Å². The molecular weight excluding hydrogens is 276 g/mol. The van der Waals surface area contributed by atoms with E-state index in [0.29, 0.717) is 11.6 Å². The van der Waals surface area contributed by atoms with Crippen LogP contribution in [0.15, 0.2) is 52.9 Å². The average Bonchev–Trinajstić information content (AvgIpc) is 2.87. The highest BCUT2D eigenvalue weighted by molar-refractivity contribution is 6.31. The summed E-state index contributed by atoms with van der Waals surface area (Å²) < 4.78 is 16.5. The predicted octanol–water partition coefficient (Wildman–Crippen LogP) is 4.67. The minimum Gasteiger partial charge on any atom is -0.497 e.